The van der Waals surface area contributed by atoms with Gasteiger partial charge in [0, 0.05) is 23.9 Å². The number of nitrogens with one attached hydrogen (secondary N) is 1. The highest BCUT2D eigenvalue weighted by atomic mass is 35.5. The molecule has 0 unspecified atom stereocenters. The Bertz CT molecular complexity index is 1130. The number of fused-ring (bicyclic) bond motifs is 1. The van der Waals surface area contributed by atoms with Gasteiger partial charge >= 0.3 is 6.61 Å². The van der Waals surface area contributed by atoms with Gasteiger partial charge in [0.2, 0.25) is 0 Å². The van der Waals surface area contributed by atoms with E-state index >= 15 is 0 Å². The topological polar surface area (TPSA) is 126 Å². The van der Waals surface area contributed by atoms with Crippen LogP contribution in [0.1, 0.15) is 11.1 Å². The molecule has 4 N–H and O–H groups in total. The fraction of sp³-hybridized carbons (Fsp3) is 0.286. The van der Waals surface area contributed by atoms with Crippen molar-refractivity contribution in [3.05, 3.63) is 53.3 Å². The molecule has 0 aromatic heterocycles. The van der Waals surface area contributed by atoms with Gasteiger partial charge in [-0.05, 0) is 35.9 Å². The summed E-state index contributed by atoms with van der Waals surface area (Å²) in [4.78, 5) is 30.5. The first kappa shape index (κ1) is 25.3. The Morgan fingerprint density at radius 2 is 2.06 bits per heavy atom. The number of amides is 2. The number of aliphatic hydroxyl groups is 1. The molecule has 1 fully saturated rings. The van der Waals surface area contributed by atoms with Crippen LogP contribution in [-0.4, -0.2) is 54.7 Å². The lowest BCUT2D eigenvalue weighted by molar-refractivity contribution is -0.150. The first-order valence-electron chi connectivity index (χ1n) is 9.84. The smallest absolute Gasteiger partial charge is 0.387 e. The van der Waals surface area contributed by atoms with E-state index < -0.39 is 42.2 Å². The third-order valence-corrected chi connectivity index (χ3v) is 5.17. The number of halogens is 4. The number of carbonyl (C=O) groups is 2. The first-order valence-corrected chi connectivity index (χ1v) is 9.84. The predicted octanol–water partition coefficient (Wildman–Crippen LogP) is 1.80. The highest BCUT2D eigenvalue weighted by Gasteiger charge is 2.40. The van der Waals surface area contributed by atoms with E-state index in [1.54, 1.807) is 18.2 Å². The summed E-state index contributed by atoms with van der Waals surface area (Å²) < 4.78 is 48.9. The Morgan fingerprint density at radius 1 is 1.29 bits per heavy atom. The molecule has 4 rings (SSSR count). The molecule has 2 aliphatic heterocycles. The summed E-state index contributed by atoms with van der Waals surface area (Å²) in [6.45, 7) is -3.12. The normalized spacial score (nSPS) is 18.1. The molecule has 2 heterocycles. The van der Waals surface area contributed by atoms with Gasteiger partial charge in [-0.2, -0.15) is 8.78 Å². The molecule has 2 aromatic rings. The van der Waals surface area contributed by atoms with Crippen LogP contribution in [0.4, 0.5) is 24.5 Å². The summed E-state index contributed by atoms with van der Waals surface area (Å²) in [5, 5.41) is 13.0. The maximum Gasteiger partial charge on any atom is 0.387 e. The van der Waals surface area contributed by atoms with E-state index in [1.165, 1.54) is 0 Å². The van der Waals surface area contributed by atoms with Gasteiger partial charge in [-0.15, -0.1) is 12.4 Å². The van der Waals surface area contributed by atoms with Gasteiger partial charge in [-0.25, -0.2) is 4.39 Å². The summed E-state index contributed by atoms with van der Waals surface area (Å²) in [6, 6.07) is 7.58. The van der Waals surface area contributed by atoms with Gasteiger partial charge in [0.15, 0.2) is 12.2 Å². The number of carbonyl (C=O) groups excluding carboxylic acids is 2. The molecule has 0 spiro atoms. The van der Waals surface area contributed by atoms with E-state index in [0.717, 1.165) is 34.2 Å². The number of hydrogen-bond donors (Lipinski definition) is 3. The van der Waals surface area contributed by atoms with Crippen LogP contribution in [0, 0.1) is 5.82 Å². The zero-order valence-corrected chi connectivity index (χ0v) is 18.2. The second-order valence-corrected chi connectivity index (χ2v) is 7.28. The summed E-state index contributed by atoms with van der Waals surface area (Å²) in [6.07, 6.45) is -3.57. The molecule has 9 nitrogen and oxygen atoms in total. The number of aliphatic imine (C=N–C) groups is 1. The van der Waals surface area contributed by atoms with Crippen molar-refractivity contribution in [1.82, 2.24) is 0 Å². The standard InChI is InChI=1S/C21H19F3N4O5.ClH/c22-11-1-4-15(33-21(23)24)14(8-11)28-5-6-32-17(20(28)31)16(29)19(30)27-12-2-3-13-10(7-12)9-26-18(13)25;/h1-4,7-8,16-17,21,29H,5-6,9H2,(H2,25,26)(H,27,30);1H/t16-,17-;/m1./s1. The number of alkyl halides is 2. The third-order valence-electron chi connectivity index (χ3n) is 5.17. The molecule has 2 atom stereocenters. The van der Waals surface area contributed by atoms with E-state index in [-0.39, 0.29) is 31.2 Å². The maximum absolute atomic E-state index is 13.8. The Balaban J connectivity index is 0.00000324. The van der Waals surface area contributed by atoms with Gasteiger partial charge in [0.1, 0.15) is 17.4 Å². The number of benzene rings is 2. The van der Waals surface area contributed by atoms with Gasteiger partial charge < -0.3 is 30.5 Å². The van der Waals surface area contributed by atoms with E-state index in [9.17, 15) is 27.9 Å². The van der Waals surface area contributed by atoms with Crippen molar-refractivity contribution in [2.75, 3.05) is 23.4 Å². The summed E-state index contributed by atoms with van der Waals surface area (Å²) >= 11 is 0. The lowest BCUT2D eigenvalue weighted by Crippen LogP contribution is -2.55. The third kappa shape index (κ3) is 5.08. The first-order chi connectivity index (χ1) is 15.7. The van der Waals surface area contributed by atoms with Gasteiger partial charge in [-0.3, -0.25) is 14.6 Å². The van der Waals surface area contributed by atoms with E-state index in [2.05, 4.69) is 15.0 Å². The summed E-state index contributed by atoms with van der Waals surface area (Å²) in [7, 11) is 0. The van der Waals surface area contributed by atoms with Crippen molar-refractivity contribution in [2.24, 2.45) is 10.7 Å². The number of ether oxygens (including phenoxy) is 2. The second-order valence-electron chi connectivity index (χ2n) is 7.28. The second kappa shape index (κ2) is 10.3. The van der Waals surface area contributed by atoms with Gasteiger partial charge in [0.05, 0.1) is 18.8 Å². The zero-order chi connectivity index (χ0) is 23.7. The molecule has 0 saturated carbocycles. The summed E-state index contributed by atoms with van der Waals surface area (Å²) in [5.74, 6) is -2.67. The van der Waals surface area contributed by atoms with Crippen molar-refractivity contribution < 1.29 is 37.3 Å². The van der Waals surface area contributed by atoms with E-state index in [4.69, 9.17) is 10.5 Å². The Labute approximate surface area is 197 Å². The number of nitrogens with zero attached hydrogens (tertiary/aromatic N) is 2. The number of anilines is 2. The van der Waals surface area contributed by atoms with Crippen molar-refractivity contribution in [2.45, 2.75) is 25.4 Å². The number of nitrogens with two attached hydrogens (primary N) is 1. The number of hydrogen-bond acceptors (Lipinski definition) is 7. The molecule has 34 heavy (non-hydrogen) atoms. The Hall–Kier alpha value is -3.35. The molecule has 0 bridgehead atoms. The minimum Gasteiger partial charge on any atom is -0.433 e. The Morgan fingerprint density at radius 3 is 2.79 bits per heavy atom. The quantitative estimate of drug-likeness (QED) is 0.555. The van der Waals surface area contributed by atoms with E-state index in [0.29, 0.717) is 18.1 Å². The zero-order valence-electron chi connectivity index (χ0n) is 17.4. The fourth-order valence-electron chi connectivity index (χ4n) is 3.63. The minimum atomic E-state index is -3.20. The van der Waals surface area contributed by atoms with Crippen molar-refractivity contribution in [3.8, 4) is 5.75 Å². The molecule has 2 aliphatic rings. The van der Waals surface area contributed by atoms with Crippen LogP contribution in [-0.2, 0) is 20.9 Å². The van der Waals surface area contributed by atoms with E-state index in [1.807, 2.05) is 0 Å². The molecular formula is C21H20ClF3N4O5. The number of rotatable bonds is 6. The number of amidine groups is 1. The molecule has 182 valence electrons. The average molecular weight is 501 g/mol. The van der Waals surface area contributed by atoms with Crippen LogP contribution in [0.5, 0.6) is 5.75 Å². The van der Waals surface area contributed by atoms with Crippen molar-refractivity contribution in [3.63, 3.8) is 0 Å². The SMILES string of the molecule is Cl.NC1=NCc2cc(NC(=O)[C@H](O)[C@H]3OCCN(c4cc(F)ccc4OC(F)F)C3=O)ccc21. The lowest BCUT2D eigenvalue weighted by atomic mass is 10.1. The van der Waals surface area contributed by atoms with Crippen LogP contribution < -0.4 is 20.7 Å². The molecular weight excluding hydrogens is 481 g/mol. The summed E-state index contributed by atoms with van der Waals surface area (Å²) in [5.41, 5.74) is 7.37. The molecule has 13 heteroatoms. The fourth-order valence-corrected chi connectivity index (χ4v) is 3.63. The van der Waals surface area contributed by atoms with Crippen LogP contribution in [0.2, 0.25) is 0 Å². The molecule has 1 saturated heterocycles. The van der Waals surface area contributed by atoms with Crippen molar-refractivity contribution >= 4 is 41.4 Å². The van der Waals surface area contributed by atoms with Gasteiger partial charge in [0.25, 0.3) is 11.8 Å². The molecule has 2 amide bonds. The largest absolute Gasteiger partial charge is 0.433 e. The minimum absolute atomic E-state index is 0. The molecule has 0 aliphatic carbocycles. The Kier molecular flexibility index (Phi) is 7.64. The van der Waals surface area contributed by atoms with Crippen LogP contribution >= 0.6 is 12.4 Å². The van der Waals surface area contributed by atoms with Gasteiger partial charge in [-0.1, -0.05) is 0 Å². The lowest BCUT2D eigenvalue weighted by Gasteiger charge is -2.34. The predicted molar refractivity (Wildman–Crippen MR) is 118 cm³/mol. The van der Waals surface area contributed by atoms with Crippen LogP contribution in [0.15, 0.2) is 41.4 Å². The van der Waals surface area contributed by atoms with Crippen molar-refractivity contribution in [1.29, 1.82) is 0 Å². The number of morpholine rings is 1. The molecule has 2 aromatic carbocycles. The number of aliphatic hydroxyl groups excluding tert-OH is 1. The highest BCUT2D eigenvalue weighted by molar-refractivity contribution is 6.05. The maximum atomic E-state index is 13.8. The van der Waals surface area contributed by atoms with Crippen LogP contribution in [0.3, 0.4) is 0 Å². The average Bonchev–Trinajstić information content (AvgIpc) is 3.14. The highest BCUT2D eigenvalue weighted by Crippen LogP contribution is 2.33. The van der Waals surface area contributed by atoms with Crippen LogP contribution in [0.25, 0.3) is 0 Å². The molecule has 0 radical (unpaired) electrons. The monoisotopic (exact) mass is 500 g/mol.